The second-order valence-corrected chi connectivity index (χ2v) is 32.4. The second-order valence-electron chi connectivity index (χ2n) is 24.7. The van der Waals surface area contributed by atoms with Gasteiger partial charge in [0.15, 0.2) is 15.5 Å². The van der Waals surface area contributed by atoms with Gasteiger partial charge in [-0.15, -0.1) is 0 Å². The summed E-state index contributed by atoms with van der Waals surface area (Å²) in [5.41, 5.74) is -7.54. The van der Waals surface area contributed by atoms with E-state index in [0.717, 1.165) is 50.8 Å². The summed E-state index contributed by atoms with van der Waals surface area (Å²) in [5, 5.41) is 9.25. The molecule has 20 nitrogen and oxygen atoms in total. The second kappa shape index (κ2) is 27.1. The van der Waals surface area contributed by atoms with Gasteiger partial charge in [-0.2, -0.15) is 45.3 Å². The molecule has 1 fully saturated rings. The van der Waals surface area contributed by atoms with Crippen molar-refractivity contribution in [3.63, 3.8) is 0 Å². The number of thiol groups is 1. The Hall–Kier alpha value is -6.42. The Kier molecular flexibility index (Phi) is 21.2. The van der Waals surface area contributed by atoms with Crippen LogP contribution in [0.25, 0.3) is 22.0 Å². The maximum absolute atomic E-state index is 15.8. The van der Waals surface area contributed by atoms with Crippen LogP contribution in [0.4, 0.5) is 43.9 Å². The fraction of sp³-hybridized carbons (Fsp3) is 0.483. The van der Waals surface area contributed by atoms with Crippen molar-refractivity contribution in [2.24, 2.45) is 5.92 Å². The highest BCUT2D eigenvalue weighted by molar-refractivity contribution is 7.92. The summed E-state index contributed by atoms with van der Waals surface area (Å²) in [4.78, 5) is 33.9. The van der Waals surface area contributed by atoms with Gasteiger partial charge in [0.1, 0.15) is 46.6 Å². The van der Waals surface area contributed by atoms with Crippen LogP contribution in [0.15, 0.2) is 54.6 Å². The van der Waals surface area contributed by atoms with Gasteiger partial charge >= 0.3 is 27.8 Å². The lowest BCUT2D eigenvalue weighted by Gasteiger charge is -2.33. The largest absolute Gasteiger partial charge is 0.530 e. The number of fused-ring (bicyclic) bond motifs is 4. The van der Waals surface area contributed by atoms with E-state index < -0.39 is 201 Å². The number of carbonyl (C=O) groups excluding carboxylic acids is 2. The van der Waals surface area contributed by atoms with Crippen LogP contribution >= 0.6 is 27.0 Å². The molecule has 0 spiro atoms. The van der Waals surface area contributed by atoms with Crippen molar-refractivity contribution < 1.29 is 102 Å². The third-order valence-electron chi connectivity index (χ3n) is 15.6. The number of amides is 2. The van der Waals surface area contributed by atoms with E-state index in [4.69, 9.17) is 34.2 Å². The highest BCUT2D eigenvalue weighted by atomic mass is 35.5. The molecule has 0 radical (unpaired) electrons. The first kappa shape index (κ1) is 74.4. The maximum atomic E-state index is 15.8. The molecule has 0 bridgehead atoms. The normalized spacial score (nSPS) is 16.3. The van der Waals surface area contributed by atoms with Crippen LogP contribution in [0.5, 0.6) is 5.75 Å². The van der Waals surface area contributed by atoms with Gasteiger partial charge in [0.25, 0.3) is 5.92 Å². The molecule has 2 aliphatic rings. The topological polar surface area (TPSA) is 247 Å². The molecule has 518 valence electrons. The minimum atomic E-state index is -5.26. The first-order chi connectivity index (χ1) is 43.7. The SMILES string of the molecule is COP(=O)(Cc1cc(C)cc(OP(=O)(OC(C)C)OC(C)C)c1C(C)(C)CC(=O)N(Cc1nn(CC(F)(F)F)c2c(-c3ccc(C#CC(C)(C)S(C)(=O)=O)nc3[C@H](Cc3cc(F)cc(F)c3)NC(=O)Cn3nc(C(F)(F)F)c4c3C(F)(F)[C@@H]3C[C@H]43)ccc(Cl)c12)[SH](=O)=O)OC. The number of hydrogen-bond donors (Lipinski definition) is 2. The van der Waals surface area contributed by atoms with Crippen LogP contribution in [-0.4, -0.2) is 101 Å². The quantitative estimate of drug-likeness (QED) is 0.0234. The van der Waals surface area contributed by atoms with Crippen molar-refractivity contribution in [3.05, 3.63) is 128 Å². The van der Waals surface area contributed by atoms with Crippen molar-refractivity contribution in [3.8, 4) is 28.7 Å². The van der Waals surface area contributed by atoms with Crippen LogP contribution in [0.1, 0.15) is 136 Å². The molecule has 2 amide bonds. The zero-order chi connectivity index (χ0) is 70.8. The number of hydrogen-bond acceptors (Lipinski definition) is 16. The van der Waals surface area contributed by atoms with Gasteiger partial charge in [0, 0.05) is 71.9 Å². The summed E-state index contributed by atoms with van der Waals surface area (Å²) in [5.74, 6) is -6.62. The molecule has 1 N–H and O–H groups in total. The number of halogens is 11. The Balaban J connectivity index is 1.30. The third kappa shape index (κ3) is 16.6. The predicted octanol–water partition coefficient (Wildman–Crippen LogP) is 13.1. The fourth-order valence-electron chi connectivity index (χ4n) is 11.3. The van der Waals surface area contributed by atoms with Crippen molar-refractivity contribution in [1.82, 2.24) is 34.2 Å². The van der Waals surface area contributed by atoms with E-state index in [2.05, 4.69) is 32.3 Å². The summed E-state index contributed by atoms with van der Waals surface area (Å²) in [6, 6.07) is 7.81. The standard InChI is InChI=1S/C60H66ClF10N7O13P2S2/c1-31(2)89-93(82,90-32(3)4)91-46-20-33(5)19-35(29-92(81,87-10)88-11)51(46)56(6,7)26-48(80)78(94(83)84)27-45-50-43(61)16-15-40(53(50)77(74-45)30-58(64,65)66)39-14-13-38(17-18-57(8,9)95(12,85)86)72-52(39)44(23-34-21-36(62)24-37(63)22-34)73-47(79)28-76-55-49(54(75-76)60(69,70)71)41-25-42(41)59(55,67)68/h13-16,19-22,24,31-32,41-42,44,94H,23,25-30H2,1-12H3,(H,73,79)/t41-,42+,44-/m0/s1. The zero-order valence-corrected chi connectivity index (χ0v) is 57.2. The maximum Gasteiger partial charge on any atom is 0.530 e. The Morgan fingerprint density at radius 2 is 1.51 bits per heavy atom. The molecular weight excluding hydrogens is 1380 g/mol. The first-order valence-electron chi connectivity index (χ1n) is 29.0. The molecule has 35 heteroatoms. The Bertz CT molecular complexity index is 4350. The van der Waals surface area contributed by atoms with E-state index in [-0.39, 0.29) is 54.7 Å². The third-order valence-corrected chi connectivity index (χ3v) is 22.2. The monoisotopic (exact) mass is 1440 g/mol. The van der Waals surface area contributed by atoms with Gasteiger partial charge in [-0.3, -0.25) is 32.6 Å². The van der Waals surface area contributed by atoms with E-state index in [1.807, 2.05) is 0 Å². The Morgan fingerprint density at radius 1 is 0.895 bits per heavy atom. The predicted molar refractivity (Wildman–Crippen MR) is 328 cm³/mol. The van der Waals surface area contributed by atoms with E-state index in [9.17, 15) is 61.9 Å². The first-order valence-corrected chi connectivity index (χ1v) is 35.5. The number of rotatable bonds is 25. The van der Waals surface area contributed by atoms with E-state index in [1.54, 1.807) is 34.6 Å². The van der Waals surface area contributed by atoms with Gasteiger partial charge in [0.2, 0.25) is 22.7 Å². The lowest BCUT2D eigenvalue weighted by atomic mass is 9.78. The minimum absolute atomic E-state index is 0.00951. The minimum Gasteiger partial charge on any atom is -0.404 e. The fourth-order valence-corrected chi connectivity index (χ4v) is 14.9. The lowest BCUT2D eigenvalue weighted by molar-refractivity contribution is -0.143. The zero-order valence-electron chi connectivity index (χ0n) is 52.9. The van der Waals surface area contributed by atoms with Gasteiger partial charge < -0.3 is 18.9 Å². The molecule has 0 aliphatic heterocycles. The average Bonchev–Trinajstić information content (AvgIpc) is 1.52. The van der Waals surface area contributed by atoms with Crippen LogP contribution in [0.2, 0.25) is 5.02 Å². The number of aromatic nitrogens is 5. The molecule has 3 aromatic heterocycles. The summed E-state index contributed by atoms with van der Waals surface area (Å²) < 4.78 is 258. The summed E-state index contributed by atoms with van der Waals surface area (Å²) in [6.07, 6.45) is -13.4. The number of phosphoric ester groups is 1. The number of phosphoric acid groups is 1. The van der Waals surface area contributed by atoms with E-state index in [0.29, 0.717) is 16.3 Å². The molecule has 2 aliphatic carbocycles. The molecule has 95 heavy (non-hydrogen) atoms. The molecular formula is C60H66ClF10N7O13P2S2. The lowest BCUT2D eigenvalue weighted by Crippen LogP contribution is -2.35. The van der Waals surface area contributed by atoms with Crippen molar-refractivity contribution in [1.29, 1.82) is 0 Å². The van der Waals surface area contributed by atoms with Gasteiger partial charge in [-0.25, -0.2) is 39.5 Å². The van der Waals surface area contributed by atoms with Crippen molar-refractivity contribution in [2.75, 3.05) is 20.5 Å². The van der Waals surface area contributed by atoms with Crippen LogP contribution in [-0.2, 0) is 107 Å². The number of alkyl halides is 8. The molecule has 3 atom stereocenters. The smallest absolute Gasteiger partial charge is 0.404 e. The number of sulfone groups is 1. The number of nitrogens with one attached hydrogen (secondary N) is 1. The summed E-state index contributed by atoms with van der Waals surface area (Å²) >= 11 is 6.88. The van der Waals surface area contributed by atoms with Gasteiger partial charge in [-0.1, -0.05) is 43.5 Å². The molecule has 1 saturated carbocycles. The van der Waals surface area contributed by atoms with Gasteiger partial charge in [-0.05, 0) is 126 Å². The van der Waals surface area contributed by atoms with E-state index in [1.165, 1.54) is 45.9 Å². The van der Waals surface area contributed by atoms with E-state index >= 15 is 17.6 Å². The summed E-state index contributed by atoms with van der Waals surface area (Å²) in [6.45, 7) is 8.73. The molecule has 6 aromatic rings. The highest BCUT2D eigenvalue weighted by Gasteiger charge is 2.68. The van der Waals surface area contributed by atoms with Gasteiger partial charge in [0.05, 0.1) is 52.9 Å². The molecule has 0 saturated heterocycles. The number of pyridine rings is 1. The van der Waals surface area contributed by atoms with Crippen LogP contribution in [0.3, 0.4) is 0 Å². The number of carbonyl (C=O) groups is 2. The molecule has 3 aromatic carbocycles. The molecule has 3 heterocycles. The number of aryl methyl sites for hydroxylation is 1. The average molecular weight is 1440 g/mol. The summed E-state index contributed by atoms with van der Waals surface area (Å²) in [7, 11) is -14.4. The Labute approximate surface area is 546 Å². The van der Waals surface area contributed by atoms with Crippen molar-refractivity contribution >= 4 is 70.5 Å². The van der Waals surface area contributed by atoms with Crippen LogP contribution < -0.4 is 9.84 Å². The number of nitrogens with zero attached hydrogens (tertiary/aromatic N) is 6. The number of benzene rings is 3. The van der Waals surface area contributed by atoms with Crippen molar-refractivity contribution in [2.45, 2.75) is 160 Å². The molecule has 8 rings (SSSR count). The van der Waals surface area contributed by atoms with Crippen LogP contribution in [0, 0.1) is 36.3 Å². The molecule has 0 unspecified atom stereocenters. The highest BCUT2D eigenvalue weighted by Crippen LogP contribution is 2.68. The Morgan fingerprint density at radius 3 is 2.06 bits per heavy atom.